The maximum Gasteiger partial charge on any atom is 0.331 e. The summed E-state index contributed by atoms with van der Waals surface area (Å²) in [5, 5.41) is 0. The molecule has 33 heavy (non-hydrogen) atoms. The van der Waals surface area contributed by atoms with Crippen LogP contribution in [-0.2, 0) is 20.4 Å². The molecule has 0 aromatic heterocycles. The van der Waals surface area contributed by atoms with Gasteiger partial charge in [0.05, 0.1) is 13.2 Å². The predicted molar refractivity (Wildman–Crippen MR) is 150 cm³/mol. The van der Waals surface area contributed by atoms with E-state index in [9.17, 15) is 4.79 Å². The molecule has 0 fully saturated rings. The Labute approximate surface area is 215 Å². The number of ether oxygens (including phenoxy) is 2. The molecular formula is C29H41IO3. The van der Waals surface area contributed by atoms with Crippen LogP contribution in [0.15, 0.2) is 52.7 Å². The molecule has 0 saturated heterocycles. The monoisotopic (exact) mass is 564 g/mol. The third-order valence-corrected chi connectivity index (χ3v) is 5.77. The van der Waals surface area contributed by atoms with Crippen LogP contribution < -0.4 is 4.74 Å². The molecule has 0 spiro atoms. The van der Waals surface area contributed by atoms with E-state index < -0.39 is 0 Å². The van der Waals surface area contributed by atoms with E-state index in [2.05, 4.69) is 95.8 Å². The van der Waals surface area contributed by atoms with Gasteiger partial charge in [0.15, 0.2) is 0 Å². The molecule has 3 nitrogen and oxygen atoms in total. The average molecular weight is 565 g/mol. The van der Waals surface area contributed by atoms with E-state index in [0.717, 1.165) is 27.7 Å². The van der Waals surface area contributed by atoms with Crippen LogP contribution in [0.4, 0.5) is 0 Å². The zero-order valence-corrected chi connectivity index (χ0v) is 23.8. The van der Waals surface area contributed by atoms with Gasteiger partial charge in [-0.15, -0.1) is 6.58 Å². The van der Waals surface area contributed by atoms with Gasteiger partial charge in [-0.25, -0.2) is 4.79 Å². The highest BCUT2D eigenvalue weighted by molar-refractivity contribution is 14.1. The molecule has 0 aliphatic heterocycles. The van der Waals surface area contributed by atoms with Gasteiger partial charge in [-0.05, 0) is 89.5 Å². The first-order valence-electron chi connectivity index (χ1n) is 11.6. The Balaban J connectivity index is 3.41. The fourth-order valence-corrected chi connectivity index (χ4v) is 3.72. The van der Waals surface area contributed by atoms with Gasteiger partial charge in [-0.2, -0.15) is 0 Å². The zero-order chi connectivity index (χ0) is 25.2. The second-order valence-electron chi connectivity index (χ2n) is 10.2. The molecule has 0 unspecified atom stereocenters. The zero-order valence-electron chi connectivity index (χ0n) is 21.7. The maximum absolute atomic E-state index is 11.6. The van der Waals surface area contributed by atoms with Crippen molar-refractivity contribution in [1.29, 1.82) is 0 Å². The van der Waals surface area contributed by atoms with Crippen LogP contribution in [-0.4, -0.2) is 19.2 Å². The summed E-state index contributed by atoms with van der Waals surface area (Å²) in [6.45, 7) is 22.2. The summed E-state index contributed by atoms with van der Waals surface area (Å²) in [6.07, 6.45) is 11.3. The van der Waals surface area contributed by atoms with Crippen LogP contribution in [0.1, 0.15) is 84.9 Å². The van der Waals surface area contributed by atoms with Gasteiger partial charge in [0.25, 0.3) is 0 Å². The van der Waals surface area contributed by atoms with Crippen LogP contribution in [0.3, 0.4) is 0 Å². The number of rotatable bonds is 10. The number of esters is 1. The van der Waals surface area contributed by atoms with Crippen molar-refractivity contribution in [3.63, 3.8) is 0 Å². The number of hydrogen-bond donors (Lipinski definition) is 0. The lowest BCUT2D eigenvalue weighted by Gasteiger charge is -2.31. The first-order chi connectivity index (χ1) is 15.3. The number of carbonyl (C=O) groups excluding carboxylic acids is 1. The molecule has 182 valence electrons. The summed E-state index contributed by atoms with van der Waals surface area (Å²) in [7, 11) is 0. The Morgan fingerprint density at radius 2 is 1.67 bits per heavy atom. The van der Waals surface area contributed by atoms with Crippen LogP contribution >= 0.6 is 22.6 Å². The third-order valence-electron chi connectivity index (χ3n) is 5.10. The molecule has 0 amide bonds. The van der Waals surface area contributed by atoms with E-state index in [0.29, 0.717) is 13.2 Å². The van der Waals surface area contributed by atoms with E-state index in [1.54, 1.807) is 6.92 Å². The van der Waals surface area contributed by atoms with Crippen molar-refractivity contribution >= 4 is 34.1 Å². The standard InChI is InChI=1S/C29H41IO3/c1-10-12-13-17-33-27-24(28(4,5)6)18-22(19-25(27)29(7,8)9)21(3)15-14-16-23(30)20-26(31)32-11-2/h10,14-16,18-20H,1,11-13,17H2,2-9H3/b16-14+,21-15+,23-20-. The molecular weight excluding hydrogens is 523 g/mol. The lowest BCUT2D eigenvalue weighted by molar-refractivity contribution is -0.137. The number of benzene rings is 1. The topological polar surface area (TPSA) is 35.5 Å². The molecule has 0 aliphatic rings. The number of halogens is 1. The molecule has 0 bridgehead atoms. The van der Waals surface area contributed by atoms with Crippen molar-refractivity contribution in [2.45, 2.75) is 79.1 Å². The minimum Gasteiger partial charge on any atom is -0.493 e. The van der Waals surface area contributed by atoms with Crippen LogP contribution in [0.5, 0.6) is 5.75 Å². The fourth-order valence-electron chi connectivity index (χ4n) is 3.25. The van der Waals surface area contributed by atoms with Gasteiger partial charge in [0, 0.05) is 20.8 Å². The van der Waals surface area contributed by atoms with Crippen LogP contribution in [0.2, 0.25) is 0 Å². The van der Waals surface area contributed by atoms with E-state index >= 15 is 0 Å². The van der Waals surface area contributed by atoms with Crippen LogP contribution in [0.25, 0.3) is 5.57 Å². The summed E-state index contributed by atoms with van der Waals surface area (Å²) < 4.78 is 12.2. The Morgan fingerprint density at radius 1 is 1.09 bits per heavy atom. The number of unbranched alkanes of at least 4 members (excludes halogenated alkanes) is 1. The first-order valence-corrected chi connectivity index (χ1v) is 12.7. The van der Waals surface area contributed by atoms with Crippen molar-refractivity contribution < 1.29 is 14.3 Å². The number of carbonyl (C=O) groups is 1. The quantitative estimate of drug-likeness (QED) is 0.0714. The van der Waals surface area contributed by atoms with Gasteiger partial charge in [-0.1, -0.05) is 59.8 Å². The Kier molecular flexibility index (Phi) is 11.7. The van der Waals surface area contributed by atoms with Gasteiger partial charge >= 0.3 is 5.97 Å². The Morgan fingerprint density at radius 3 is 2.15 bits per heavy atom. The van der Waals surface area contributed by atoms with E-state index in [1.807, 2.05) is 18.2 Å². The van der Waals surface area contributed by atoms with Crippen molar-refractivity contribution in [2.75, 3.05) is 13.2 Å². The highest BCUT2D eigenvalue weighted by Crippen LogP contribution is 2.42. The highest BCUT2D eigenvalue weighted by atomic mass is 127. The molecule has 0 radical (unpaired) electrons. The Hall–Kier alpha value is -1.82. The molecule has 1 aromatic carbocycles. The average Bonchev–Trinajstić information content (AvgIpc) is 2.69. The smallest absolute Gasteiger partial charge is 0.331 e. The summed E-state index contributed by atoms with van der Waals surface area (Å²) in [5.74, 6) is 0.693. The van der Waals surface area contributed by atoms with Gasteiger partial charge in [0.2, 0.25) is 0 Å². The van der Waals surface area contributed by atoms with Crippen LogP contribution in [0, 0.1) is 0 Å². The molecule has 1 aromatic rings. The first kappa shape index (κ1) is 29.2. The minimum absolute atomic E-state index is 0.0579. The van der Waals surface area contributed by atoms with Gasteiger partial charge < -0.3 is 9.47 Å². The predicted octanol–water partition coefficient (Wildman–Crippen LogP) is 8.47. The van der Waals surface area contributed by atoms with Gasteiger partial charge in [0.1, 0.15) is 5.75 Å². The molecule has 4 heteroatoms. The van der Waals surface area contributed by atoms with Crippen molar-refractivity contribution in [1.82, 2.24) is 0 Å². The molecule has 0 atom stereocenters. The SMILES string of the molecule is C=CCCCOc1c(C(C)(C)C)cc(/C(C)=C/C=C/C(I)=C/C(=O)OCC)cc1C(C)(C)C. The lowest BCUT2D eigenvalue weighted by Crippen LogP contribution is -2.20. The van der Waals surface area contributed by atoms with Crippen molar-refractivity contribution in [2.24, 2.45) is 0 Å². The Bertz CT molecular complexity index is 871. The molecule has 0 saturated carbocycles. The second kappa shape index (κ2) is 13.2. The summed E-state index contributed by atoms with van der Waals surface area (Å²) >= 11 is 2.13. The molecule has 0 heterocycles. The van der Waals surface area contributed by atoms with Crippen molar-refractivity contribution in [3.8, 4) is 5.75 Å². The van der Waals surface area contributed by atoms with Gasteiger partial charge in [-0.3, -0.25) is 0 Å². The summed E-state index contributed by atoms with van der Waals surface area (Å²) in [4.78, 5) is 11.6. The number of allylic oxidation sites excluding steroid dienone is 6. The summed E-state index contributed by atoms with van der Waals surface area (Å²) in [6, 6.07) is 4.52. The van der Waals surface area contributed by atoms with E-state index in [4.69, 9.17) is 9.47 Å². The second-order valence-corrected chi connectivity index (χ2v) is 11.4. The highest BCUT2D eigenvalue weighted by Gasteiger charge is 2.28. The lowest BCUT2D eigenvalue weighted by atomic mass is 9.77. The normalized spacial score (nSPS) is 13.4. The van der Waals surface area contributed by atoms with E-state index in [-0.39, 0.29) is 16.8 Å². The molecule has 0 aliphatic carbocycles. The van der Waals surface area contributed by atoms with Crippen molar-refractivity contribution in [3.05, 3.63) is 69.4 Å². The van der Waals surface area contributed by atoms with E-state index in [1.165, 1.54) is 22.8 Å². The largest absolute Gasteiger partial charge is 0.493 e. The number of hydrogen-bond acceptors (Lipinski definition) is 3. The molecule has 0 N–H and O–H groups in total. The minimum atomic E-state index is -0.319. The third kappa shape index (κ3) is 9.91. The fraction of sp³-hybridized carbons (Fsp3) is 0.483. The summed E-state index contributed by atoms with van der Waals surface area (Å²) in [5.41, 5.74) is 4.65. The molecule has 1 rings (SSSR count). The maximum atomic E-state index is 11.6.